The molecule has 0 fully saturated rings. The number of rotatable bonds is 4. The third-order valence-corrected chi connectivity index (χ3v) is 3.33. The molecule has 0 bridgehead atoms. The van der Waals surface area contributed by atoms with Gasteiger partial charge in [-0.25, -0.2) is 0 Å². The molecule has 0 aromatic heterocycles. The Kier molecular flexibility index (Phi) is 3.72. The SMILES string of the molecule is CC(=O)c1ccc2c(c1)N(CCC(=O)O)C(=O)C(C)(C)O2. The fourth-order valence-electron chi connectivity index (χ4n) is 2.22. The highest BCUT2D eigenvalue weighted by Gasteiger charge is 2.41. The van der Waals surface area contributed by atoms with Gasteiger partial charge in [0.1, 0.15) is 5.75 Å². The van der Waals surface area contributed by atoms with E-state index in [1.807, 2.05) is 0 Å². The zero-order chi connectivity index (χ0) is 15.8. The lowest BCUT2D eigenvalue weighted by molar-refractivity contribution is -0.137. The van der Waals surface area contributed by atoms with Crippen molar-refractivity contribution in [2.75, 3.05) is 11.4 Å². The highest BCUT2D eigenvalue weighted by Crippen LogP contribution is 2.38. The van der Waals surface area contributed by atoms with E-state index < -0.39 is 11.6 Å². The quantitative estimate of drug-likeness (QED) is 0.856. The monoisotopic (exact) mass is 291 g/mol. The van der Waals surface area contributed by atoms with E-state index in [2.05, 4.69) is 0 Å². The Hall–Kier alpha value is -2.37. The van der Waals surface area contributed by atoms with E-state index in [1.165, 1.54) is 11.8 Å². The van der Waals surface area contributed by atoms with Crippen molar-refractivity contribution in [3.05, 3.63) is 23.8 Å². The predicted octanol–water partition coefficient (Wildman–Crippen LogP) is 1.87. The van der Waals surface area contributed by atoms with Gasteiger partial charge in [0, 0.05) is 12.1 Å². The van der Waals surface area contributed by atoms with E-state index in [-0.39, 0.29) is 24.7 Å². The summed E-state index contributed by atoms with van der Waals surface area (Å²) in [5.74, 6) is -0.975. The number of anilines is 1. The van der Waals surface area contributed by atoms with Gasteiger partial charge in [0.15, 0.2) is 11.4 Å². The average Bonchev–Trinajstić information content (AvgIpc) is 2.38. The summed E-state index contributed by atoms with van der Waals surface area (Å²) in [5, 5.41) is 8.83. The molecule has 0 spiro atoms. The first-order valence-corrected chi connectivity index (χ1v) is 6.60. The summed E-state index contributed by atoms with van der Waals surface area (Å²) in [4.78, 5) is 36.0. The predicted molar refractivity (Wildman–Crippen MR) is 75.8 cm³/mol. The Morgan fingerprint density at radius 2 is 2.00 bits per heavy atom. The summed E-state index contributed by atoms with van der Waals surface area (Å²) in [7, 11) is 0. The Bertz CT molecular complexity index is 620. The fraction of sp³-hybridized carbons (Fsp3) is 0.400. The van der Waals surface area contributed by atoms with Crippen molar-refractivity contribution in [3.63, 3.8) is 0 Å². The fourth-order valence-corrected chi connectivity index (χ4v) is 2.22. The van der Waals surface area contributed by atoms with E-state index in [4.69, 9.17) is 9.84 Å². The third kappa shape index (κ3) is 2.89. The minimum Gasteiger partial charge on any atom is -0.481 e. The van der Waals surface area contributed by atoms with Crippen molar-refractivity contribution in [1.82, 2.24) is 0 Å². The number of benzene rings is 1. The second-order valence-electron chi connectivity index (χ2n) is 5.45. The van der Waals surface area contributed by atoms with E-state index in [1.54, 1.807) is 32.0 Å². The minimum absolute atomic E-state index is 0.0370. The molecule has 1 aromatic carbocycles. The molecule has 1 aromatic rings. The van der Waals surface area contributed by atoms with Crippen LogP contribution in [0.2, 0.25) is 0 Å². The molecule has 6 nitrogen and oxygen atoms in total. The summed E-state index contributed by atoms with van der Waals surface area (Å²) in [6.45, 7) is 4.73. The minimum atomic E-state index is -1.07. The second-order valence-corrected chi connectivity index (χ2v) is 5.45. The molecule has 1 amide bonds. The summed E-state index contributed by atoms with van der Waals surface area (Å²) >= 11 is 0. The molecule has 1 aliphatic heterocycles. The lowest BCUT2D eigenvalue weighted by Crippen LogP contribution is -2.53. The standard InChI is InChI=1S/C15H17NO5/c1-9(17)10-4-5-12-11(8-10)16(7-6-13(18)19)14(20)15(2,3)21-12/h4-5,8H,6-7H2,1-3H3,(H,18,19). The van der Waals surface area contributed by atoms with Crippen LogP contribution in [0.3, 0.4) is 0 Å². The van der Waals surface area contributed by atoms with Crippen molar-refractivity contribution in [2.24, 2.45) is 0 Å². The van der Waals surface area contributed by atoms with Crippen molar-refractivity contribution in [2.45, 2.75) is 32.8 Å². The first kappa shape index (κ1) is 15.0. The maximum atomic E-state index is 12.4. The number of carboxylic acids is 1. The Morgan fingerprint density at radius 1 is 1.33 bits per heavy atom. The molecule has 0 aliphatic carbocycles. The number of hydrogen-bond donors (Lipinski definition) is 1. The van der Waals surface area contributed by atoms with Gasteiger partial charge in [-0.1, -0.05) is 0 Å². The molecule has 0 radical (unpaired) electrons. The van der Waals surface area contributed by atoms with Gasteiger partial charge in [0.25, 0.3) is 5.91 Å². The molecule has 112 valence electrons. The van der Waals surface area contributed by atoms with Crippen LogP contribution in [0.25, 0.3) is 0 Å². The van der Waals surface area contributed by atoms with Crippen molar-refractivity contribution in [3.8, 4) is 5.75 Å². The molecule has 1 heterocycles. The maximum Gasteiger partial charge on any atom is 0.305 e. The lowest BCUT2D eigenvalue weighted by Gasteiger charge is -2.38. The van der Waals surface area contributed by atoms with Crippen LogP contribution in [0.1, 0.15) is 37.6 Å². The van der Waals surface area contributed by atoms with Gasteiger partial charge in [-0.3, -0.25) is 14.4 Å². The molecule has 1 N–H and O–H groups in total. The van der Waals surface area contributed by atoms with Crippen molar-refractivity contribution in [1.29, 1.82) is 0 Å². The second kappa shape index (κ2) is 5.20. The zero-order valence-corrected chi connectivity index (χ0v) is 12.2. The van der Waals surface area contributed by atoms with Crippen LogP contribution < -0.4 is 9.64 Å². The first-order valence-electron chi connectivity index (χ1n) is 6.60. The number of Topliss-reactive ketones (excluding diaryl/α,β-unsaturated/α-hetero) is 1. The van der Waals surface area contributed by atoms with Crippen LogP contribution in [0, 0.1) is 0 Å². The number of hydrogen-bond acceptors (Lipinski definition) is 4. The summed E-state index contributed by atoms with van der Waals surface area (Å²) in [6, 6.07) is 4.82. The van der Waals surface area contributed by atoms with Crippen LogP contribution in [-0.4, -0.2) is 34.9 Å². The molecule has 0 atom stereocenters. The molecular formula is C15H17NO5. The molecule has 0 saturated carbocycles. The molecule has 6 heteroatoms. The van der Waals surface area contributed by atoms with Gasteiger partial charge >= 0.3 is 5.97 Å². The molecule has 2 rings (SSSR count). The van der Waals surface area contributed by atoms with E-state index >= 15 is 0 Å². The molecule has 21 heavy (non-hydrogen) atoms. The van der Waals surface area contributed by atoms with E-state index in [9.17, 15) is 14.4 Å². The van der Waals surface area contributed by atoms with Gasteiger partial charge in [-0.2, -0.15) is 0 Å². The Morgan fingerprint density at radius 3 is 2.57 bits per heavy atom. The number of ketones is 1. The van der Waals surface area contributed by atoms with Gasteiger partial charge in [-0.15, -0.1) is 0 Å². The number of carboxylic acid groups (broad SMARTS) is 1. The van der Waals surface area contributed by atoms with Crippen molar-refractivity contribution < 1.29 is 24.2 Å². The number of ether oxygens (including phenoxy) is 1. The number of aliphatic carboxylic acids is 1. The van der Waals surface area contributed by atoms with E-state index in [0.29, 0.717) is 17.0 Å². The zero-order valence-electron chi connectivity index (χ0n) is 12.2. The Labute approximate surface area is 122 Å². The first-order chi connectivity index (χ1) is 9.72. The van der Waals surface area contributed by atoms with Gasteiger partial charge < -0.3 is 14.7 Å². The average molecular weight is 291 g/mol. The summed E-state index contributed by atoms with van der Waals surface area (Å²) in [6.07, 6.45) is -0.175. The molecule has 0 unspecified atom stereocenters. The molecule has 0 saturated heterocycles. The van der Waals surface area contributed by atoms with Gasteiger partial charge in [0.2, 0.25) is 0 Å². The number of amides is 1. The van der Waals surface area contributed by atoms with Crippen LogP contribution in [-0.2, 0) is 9.59 Å². The number of carbonyl (C=O) groups excluding carboxylic acids is 2. The molecular weight excluding hydrogens is 274 g/mol. The van der Waals surface area contributed by atoms with Crippen LogP contribution in [0.5, 0.6) is 5.75 Å². The number of fused-ring (bicyclic) bond motifs is 1. The largest absolute Gasteiger partial charge is 0.481 e. The van der Waals surface area contributed by atoms with Crippen molar-refractivity contribution >= 4 is 23.3 Å². The highest BCUT2D eigenvalue weighted by molar-refractivity contribution is 6.04. The van der Waals surface area contributed by atoms with Gasteiger partial charge in [0.05, 0.1) is 12.1 Å². The molecule has 1 aliphatic rings. The topological polar surface area (TPSA) is 83.9 Å². The number of nitrogens with zero attached hydrogens (tertiary/aromatic N) is 1. The number of carbonyl (C=O) groups is 3. The smallest absolute Gasteiger partial charge is 0.305 e. The normalized spacial score (nSPS) is 16.1. The summed E-state index contributed by atoms with van der Waals surface area (Å²) < 4.78 is 5.65. The highest BCUT2D eigenvalue weighted by atomic mass is 16.5. The van der Waals surface area contributed by atoms with E-state index in [0.717, 1.165) is 0 Å². The van der Waals surface area contributed by atoms with Crippen LogP contribution in [0.4, 0.5) is 5.69 Å². The van der Waals surface area contributed by atoms with Crippen LogP contribution >= 0.6 is 0 Å². The maximum absolute atomic E-state index is 12.4. The summed E-state index contributed by atoms with van der Waals surface area (Å²) in [5.41, 5.74) is -0.179. The van der Waals surface area contributed by atoms with Crippen LogP contribution in [0.15, 0.2) is 18.2 Å². The Balaban J connectivity index is 2.47. The van der Waals surface area contributed by atoms with Gasteiger partial charge in [-0.05, 0) is 39.0 Å². The lowest BCUT2D eigenvalue weighted by atomic mass is 10.0. The third-order valence-electron chi connectivity index (χ3n) is 3.33.